The molecule has 1 fully saturated rings. The van der Waals surface area contributed by atoms with Crippen LogP contribution in [0.25, 0.3) is 0 Å². The lowest BCUT2D eigenvalue weighted by Crippen LogP contribution is -3.14. The number of carbonyl (C=O) groups excluding carboxylic acids is 2. The highest BCUT2D eigenvalue weighted by molar-refractivity contribution is 6.30. The highest BCUT2D eigenvalue weighted by Gasteiger charge is 2.28. The van der Waals surface area contributed by atoms with E-state index in [1.165, 1.54) is 26.5 Å². The number of quaternary nitrogens is 1. The highest BCUT2D eigenvalue weighted by atomic mass is 16.4. The number of nitrogens with zero attached hydrogens (tertiary/aromatic N) is 1. The number of hydrogen-bond acceptors (Lipinski definition) is 3. The van der Waals surface area contributed by atoms with E-state index >= 15 is 0 Å². The van der Waals surface area contributed by atoms with Crippen LogP contribution in [0.2, 0.25) is 0 Å². The van der Waals surface area contributed by atoms with Crippen LogP contribution >= 0.6 is 0 Å². The van der Waals surface area contributed by atoms with Crippen LogP contribution in [0.5, 0.6) is 0 Å². The summed E-state index contributed by atoms with van der Waals surface area (Å²) in [6.45, 7) is 8.84. The van der Waals surface area contributed by atoms with Crippen molar-refractivity contribution in [1.29, 1.82) is 0 Å². The van der Waals surface area contributed by atoms with Crippen molar-refractivity contribution in [3.05, 3.63) is 34.9 Å². The van der Waals surface area contributed by atoms with Gasteiger partial charge in [0.05, 0.1) is 26.2 Å². The lowest BCUT2D eigenvalue weighted by molar-refractivity contribution is -0.933. The maximum absolute atomic E-state index is 11.4. The average Bonchev–Trinajstić information content (AvgIpc) is 2.46. The normalized spacial score (nSPS) is 17.6. The summed E-state index contributed by atoms with van der Waals surface area (Å²) in [7, 11) is 0. The molecule has 1 amide bonds. The third-order valence-electron chi connectivity index (χ3n) is 4.37. The van der Waals surface area contributed by atoms with Gasteiger partial charge >= 0.3 is 0 Å². The SMILES string of the molecule is Cc1ccc([C@@H](C)[NH+]2CCN(C(=O)C(=O)[O-])CC2)c(C)c1. The molecule has 5 heteroatoms. The highest BCUT2D eigenvalue weighted by Crippen LogP contribution is 2.16. The van der Waals surface area contributed by atoms with Crippen LogP contribution in [0, 0.1) is 13.8 Å². The largest absolute Gasteiger partial charge is 0.540 e. The molecule has 1 saturated heterocycles. The summed E-state index contributed by atoms with van der Waals surface area (Å²) in [5.74, 6) is -2.51. The number of nitrogens with one attached hydrogen (secondary N) is 1. The number of aryl methyl sites for hydroxylation is 2. The number of carbonyl (C=O) groups is 2. The van der Waals surface area contributed by atoms with Gasteiger partial charge in [-0.05, 0) is 26.3 Å². The Hall–Kier alpha value is -1.88. The molecule has 1 heterocycles. The maximum Gasteiger partial charge on any atom is 0.269 e. The van der Waals surface area contributed by atoms with E-state index in [2.05, 4.69) is 39.0 Å². The molecule has 0 spiro atoms. The molecule has 2 rings (SSSR count). The average molecular weight is 290 g/mol. The molecular weight excluding hydrogens is 268 g/mol. The summed E-state index contributed by atoms with van der Waals surface area (Å²) in [4.78, 5) is 24.7. The minimum Gasteiger partial charge on any atom is -0.540 e. The van der Waals surface area contributed by atoms with Gasteiger partial charge < -0.3 is 19.7 Å². The molecule has 21 heavy (non-hydrogen) atoms. The van der Waals surface area contributed by atoms with Gasteiger partial charge in [0, 0.05) is 5.56 Å². The first-order valence-electron chi connectivity index (χ1n) is 7.32. The Bertz CT molecular complexity index is 548. The van der Waals surface area contributed by atoms with Crippen molar-refractivity contribution in [3.8, 4) is 0 Å². The number of hydrogen-bond donors (Lipinski definition) is 1. The van der Waals surface area contributed by atoms with Crippen molar-refractivity contribution in [3.63, 3.8) is 0 Å². The molecule has 114 valence electrons. The van der Waals surface area contributed by atoms with E-state index in [1.54, 1.807) is 0 Å². The number of amides is 1. The molecular formula is C16H22N2O3. The maximum atomic E-state index is 11.4. The van der Waals surface area contributed by atoms with Gasteiger partial charge in [0.2, 0.25) is 0 Å². The third kappa shape index (κ3) is 3.42. The van der Waals surface area contributed by atoms with E-state index < -0.39 is 11.9 Å². The van der Waals surface area contributed by atoms with Crippen molar-refractivity contribution < 1.29 is 19.6 Å². The minimum absolute atomic E-state index is 0.339. The lowest BCUT2D eigenvalue weighted by atomic mass is 9.99. The standard InChI is InChI=1S/C16H22N2O3/c1-11-4-5-14(12(2)10-11)13(3)17-6-8-18(9-7-17)15(19)16(20)21/h4-5,10,13H,6-9H2,1-3H3,(H,20,21)/t13-/m1/s1. The molecule has 0 aliphatic carbocycles. The summed E-state index contributed by atoms with van der Waals surface area (Å²) in [5, 5.41) is 10.6. The number of piperazine rings is 1. The number of aliphatic carboxylic acids is 1. The second kappa shape index (κ2) is 6.26. The molecule has 1 aliphatic heterocycles. The zero-order valence-corrected chi connectivity index (χ0v) is 12.8. The van der Waals surface area contributed by atoms with E-state index in [9.17, 15) is 14.7 Å². The third-order valence-corrected chi connectivity index (χ3v) is 4.37. The van der Waals surface area contributed by atoms with E-state index in [0.717, 1.165) is 13.1 Å². The fourth-order valence-corrected chi connectivity index (χ4v) is 3.09. The summed E-state index contributed by atoms with van der Waals surface area (Å²) in [6, 6.07) is 6.81. The smallest absolute Gasteiger partial charge is 0.269 e. The molecule has 1 aliphatic rings. The Balaban J connectivity index is 2.01. The number of carboxylic acid groups (broad SMARTS) is 1. The summed E-state index contributed by atoms with van der Waals surface area (Å²) < 4.78 is 0. The monoisotopic (exact) mass is 290 g/mol. The van der Waals surface area contributed by atoms with Crippen molar-refractivity contribution in [2.45, 2.75) is 26.8 Å². The summed E-state index contributed by atoms with van der Waals surface area (Å²) in [6.07, 6.45) is 0. The van der Waals surface area contributed by atoms with Crippen molar-refractivity contribution >= 4 is 11.9 Å². The number of benzene rings is 1. The fraction of sp³-hybridized carbons (Fsp3) is 0.500. The molecule has 1 atom stereocenters. The van der Waals surface area contributed by atoms with Gasteiger partial charge in [0.1, 0.15) is 12.0 Å². The zero-order valence-electron chi connectivity index (χ0n) is 12.8. The summed E-state index contributed by atoms with van der Waals surface area (Å²) in [5.41, 5.74) is 3.85. The van der Waals surface area contributed by atoms with Crippen LogP contribution in [-0.4, -0.2) is 43.0 Å². The van der Waals surface area contributed by atoms with Crippen LogP contribution in [0.4, 0.5) is 0 Å². The molecule has 1 N–H and O–H groups in total. The molecule has 1 aromatic carbocycles. The van der Waals surface area contributed by atoms with Crippen molar-refractivity contribution in [1.82, 2.24) is 4.90 Å². The molecule has 0 unspecified atom stereocenters. The fourth-order valence-electron chi connectivity index (χ4n) is 3.09. The lowest BCUT2D eigenvalue weighted by Gasteiger charge is -2.36. The van der Waals surface area contributed by atoms with Crippen LogP contribution in [0.1, 0.15) is 29.7 Å². The predicted molar refractivity (Wildman–Crippen MR) is 76.6 cm³/mol. The Morgan fingerprint density at radius 1 is 1.24 bits per heavy atom. The van der Waals surface area contributed by atoms with Gasteiger partial charge in [0.15, 0.2) is 0 Å². The van der Waals surface area contributed by atoms with Crippen LogP contribution < -0.4 is 10.0 Å². The Kier molecular flexibility index (Phi) is 4.63. The molecule has 0 saturated carbocycles. The second-order valence-electron chi connectivity index (χ2n) is 5.82. The number of carboxylic acids is 1. The van der Waals surface area contributed by atoms with Gasteiger partial charge in [-0.3, -0.25) is 4.79 Å². The van der Waals surface area contributed by atoms with E-state index in [4.69, 9.17) is 0 Å². The van der Waals surface area contributed by atoms with Crippen molar-refractivity contribution in [2.24, 2.45) is 0 Å². The topological polar surface area (TPSA) is 64.9 Å². The first-order valence-corrected chi connectivity index (χ1v) is 7.32. The second-order valence-corrected chi connectivity index (χ2v) is 5.82. The van der Waals surface area contributed by atoms with Crippen molar-refractivity contribution in [2.75, 3.05) is 26.2 Å². The van der Waals surface area contributed by atoms with Crippen LogP contribution in [0.3, 0.4) is 0 Å². The molecule has 1 aromatic rings. The van der Waals surface area contributed by atoms with Crippen LogP contribution in [-0.2, 0) is 9.59 Å². The van der Waals surface area contributed by atoms with Gasteiger partial charge in [0.25, 0.3) is 5.91 Å². The number of rotatable bonds is 2. The van der Waals surface area contributed by atoms with Gasteiger partial charge in [-0.1, -0.05) is 23.8 Å². The molecule has 0 aromatic heterocycles. The quantitative estimate of drug-likeness (QED) is 0.699. The van der Waals surface area contributed by atoms with Crippen LogP contribution in [0.15, 0.2) is 18.2 Å². The van der Waals surface area contributed by atoms with Gasteiger partial charge in [-0.2, -0.15) is 0 Å². The first-order chi connectivity index (χ1) is 9.90. The first kappa shape index (κ1) is 15.5. The van der Waals surface area contributed by atoms with Gasteiger partial charge in [-0.15, -0.1) is 0 Å². The molecule has 0 radical (unpaired) electrons. The summed E-state index contributed by atoms with van der Waals surface area (Å²) >= 11 is 0. The van der Waals surface area contributed by atoms with E-state index in [0.29, 0.717) is 19.1 Å². The van der Waals surface area contributed by atoms with E-state index in [1.807, 2.05) is 0 Å². The molecule has 0 bridgehead atoms. The Morgan fingerprint density at radius 2 is 1.86 bits per heavy atom. The van der Waals surface area contributed by atoms with Gasteiger partial charge in [-0.25, -0.2) is 0 Å². The predicted octanol–water partition coefficient (Wildman–Crippen LogP) is -1.16. The zero-order chi connectivity index (χ0) is 15.6. The molecule has 5 nitrogen and oxygen atoms in total. The Labute approximate surface area is 125 Å². The minimum atomic E-state index is -1.61. The van der Waals surface area contributed by atoms with E-state index in [-0.39, 0.29) is 0 Å². The Morgan fingerprint density at radius 3 is 2.38 bits per heavy atom.